The Kier molecular flexibility index (Phi) is 5.11. The molecule has 156 valence electrons. The average Bonchev–Trinajstić information content (AvgIpc) is 2.81. The summed E-state index contributed by atoms with van der Waals surface area (Å²) in [5.41, 5.74) is -0.989. The monoisotopic (exact) mass is 448 g/mol. The zero-order valence-corrected chi connectivity index (χ0v) is 16.5. The van der Waals surface area contributed by atoms with Crippen molar-refractivity contribution in [2.45, 2.75) is 18.0 Å². The van der Waals surface area contributed by atoms with E-state index in [9.17, 15) is 34.8 Å². The van der Waals surface area contributed by atoms with E-state index in [1.165, 1.54) is 19.1 Å². The van der Waals surface area contributed by atoms with Crippen molar-refractivity contribution in [2.75, 3.05) is 14.8 Å². The van der Waals surface area contributed by atoms with Crippen molar-refractivity contribution < 1.29 is 34.8 Å². The molecule has 0 aliphatic carbocycles. The molecule has 1 saturated heterocycles. The summed E-state index contributed by atoms with van der Waals surface area (Å²) in [5, 5.41) is 0. The van der Waals surface area contributed by atoms with Gasteiger partial charge in [-0.15, -0.1) is 0 Å². The van der Waals surface area contributed by atoms with Crippen LogP contribution in [-0.2, 0) is 31.0 Å². The van der Waals surface area contributed by atoms with Gasteiger partial charge in [-0.3, -0.25) is 9.52 Å². The van der Waals surface area contributed by atoms with Crippen molar-refractivity contribution in [1.82, 2.24) is 0 Å². The topological polar surface area (TPSA) is 101 Å². The molecule has 1 N–H and O–H groups in total. The quantitative estimate of drug-likeness (QED) is 0.775. The molecule has 1 amide bonds. The zero-order chi connectivity index (χ0) is 21.6. The zero-order valence-electron chi connectivity index (χ0n) is 14.8. The van der Waals surface area contributed by atoms with Crippen LogP contribution in [-0.4, -0.2) is 28.5 Å². The van der Waals surface area contributed by atoms with Gasteiger partial charge in [0.25, 0.3) is 10.0 Å². The number of amides is 1. The maximum absolute atomic E-state index is 12.6. The molecule has 2 aromatic rings. The summed E-state index contributed by atoms with van der Waals surface area (Å²) in [4.78, 5) is 11.8. The van der Waals surface area contributed by atoms with Crippen molar-refractivity contribution in [1.29, 1.82) is 0 Å². The molecule has 12 heteroatoms. The lowest BCUT2D eigenvalue weighted by Crippen LogP contribution is -2.30. The molecule has 1 atom stereocenters. The summed E-state index contributed by atoms with van der Waals surface area (Å²) < 4.78 is 89.6. The first kappa shape index (κ1) is 21.1. The Morgan fingerprint density at radius 1 is 1.03 bits per heavy atom. The molecule has 0 aromatic heterocycles. The molecular formula is C17H15F3N2O5S2. The molecule has 1 aliphatic rings. The van der Waals surface area contributed by atoms with Crippen LogP contribution in [0.2, 0.25) is 0 Å². The van der Waals surface area contributed by atoms with Gasteiger partial charge in [-0.05, 0) is 48.5 Å². The van der Waals surface area contributed by atoms with Crippen LogP contribution in [0.5, 0.6) is 0 Å². The van der Waals surface area contributed by atoms with Gasteiger partial charge in [-0.25, -0.2) is 21.1 Å². The fourth-order valence-corrected chi connectivity index (χ4v) is 5.67. The Morgan fingerprint density at radius 2 is 1.59 bits per heavy atom. The first-order valence-electron chi connectivity index (χ1n) is 8.18. The summed E-state index contributed by atoms with van der Waals surface area (Å²) in [7, 11) is -7.96. The maximum Gasteiger partial charge on any atom is 0.416 e. The van der Waals surface area contributed by atoms with Crippen LogP contribution in [0, 0.1) is 5.92 Å². The van der Waals surface area contributed by atoms with E-state index in [1.54, 1.807) is 0 Å². The summed E-state index contributed by atoms with van der Waals surface area (Å²) in [5.74, 6) is -1.64. The van der Waals surface area contributed by atoms with Gasteiger partial charge in [0.05, 0.1) is 27.8 Å². The number of anilines is 2. The third-order valence-corrected chi connectivity index (χ3v) is 7.47. The first-order chi connectivity index (χ1) is 13.3. The Balaban J connectivity index is 1.83. The summed E-state index contributed by atoms with van der Waals surface area (Å²) in [6.07, 6.45) is -4.54. The molecule has 1 heterocycles. The minimum atomic E-state index is -4.54. The molecular weight excluding hydrogens is 433 g/mol. The average molecular weight is 448 g/mol. The number of rotatable bonds is 4. The third-order valence-electron chi connectivity index (χ3n) is 4.21. The minimum absolute atomic E-state index is 0.00725. The van der Waals surface area contributed by atoms with E-state index in [2.05, 4.69) is 4.72 Å². The number of benzene rings is 2. The van der Waals surface area contributed by atoms with Gasteiger partial charge in [0.15, 0.2) is 0 Å². The first-order valence-corrected chi connectivity index (χ1v) is 11.3. The number of carbonyl (C=O) groups excluding carboxylic acids is 1. The second-order valence-corrected chi connectivity index (χ2v) is 10.0. The van der Waals surface area contributed by atoms with E-state index in [4.69, 9.17) is 0 Å². The summed E-state index contributed by atoms with van der Waals surface area (Å²) >= 11 is 0. The Hall–Kier alpha value is -2.60. The van der Waals surface area contributed by atoms with Crippen molar-refractivity contribution in [3.8, 4) is 0 Å². The molecule has 1 fully saturated rings. The molecule has 0 bridgehead atoms. The van der Waals surface area contributed by atoms with Crippen molar-refractivity contribution in [2.24, 2.45) is 5.92 Å². The molecule has 0 saturated carbocycles. The molecule has 0 spiro atoms. The summed E-state index contributed by atoms with van der Waals surface area (Å²) in [6, 6.07) is 8.00. The third kappa shape index (κ3) is 4.22. The Morgan fingerprint density at radius 3 is 2.03 bits per heavy atom. The molecule has 1 aliphatic heterocycles. The number of sulfonamides is 2. The van der Waals surface area contributed by atoms with Crippen molar-refractivity contribution in [3.63, 3.8) is 0 Å². The number of hydrogen-bond donors (Lipinski definition) is 1. The number of carbonyl (C=O) groups is 1. The highest BCUT2D eigenvalue weighted by atomic mass is 32.2. The van der Waals surface area contributed by atoms with Gasteiger partial charge in [-0.2, -0.15) is 13.2 Å². The molecule has 7 nitrogen and oxygen atoms in total. The van der Waals surface area contributed by atoms with E-state index in [-0.39, 0.29) is 22.0 Å². The van der Waals surface area contributed by atoms with Crippen LogP contribution >= 0.6 is 0 Å². The Bertz CT molecular complexity index is 1140. The minimum Gasteiger partial charge on any atom is -0.280 e. The second kappa shape index (κ2) is 7.02. The largest absolute Gasteiger partial charge is 0.416 e. The second-order valence-electron chi connectivity index (χ2n) is 6.46. The highest BCUT2D eigenvalue weighted by Crippen LogP contribution is 2.31. The molecule has 0 radical (unpaired) electrons. The maximum atomic E-state index is 12.6. The highest BCUT2D eigenvalue weighted by Gasteiger charge is 2.42. The number of nitrogens with one attached hydrogen (secondary N) is 1. The predicted octanol–water partition coefficient (Wildman–Crippen LogP) is 2.82. The smallest absolute Gasteiger partial charge is 0.280 e. The van der Waals surface area contributed by atoms with Crippen LogP contribution in [0.1, 0.15) is 12.5 Å². The lowest BCUT2D eigenvalue weighted by Gasteiger charge is -2.16. The Labute approximate surface area is 165 Å². The van der Waals surface area contributed by atoms with Gasteiger partial charge in [0.2, 0.25) is 15.9 Å². The van der Waals surface area contributed by atoms with E-state index in [0.29, 0.717) is 4.31 Å². The van der Waals surface area contributed by atoms with Crippen LogP contribution in [0.3, 0.4) is 0 Å². The van der Waals surface area contributed by atoms with Crippen LogP contribution in [0.25, 0.3) is 0 Å². The van der Waals surface area contributed by atoms with Gasteiger partial charge >= 0.3 is 6.18 Å². The van der Waals surface area contributed by atoms with Crippen LogP contribution in [0.15, 0.2) is 53.4 Å². The van der Waals surface area contributed by atoms with Gasteiger partial charge in [-0.1, -0.05) is 6.92 Å². The predicted molar refractivity (Wildman–Crippen MR) is 99.1 cm³/mol. The lowest BCUT2D eigenvalue weighted by atomic mass is 10.2. The number of hydrogen-bond acceptors (Lipinski definition) is 5. The summed E-state index contributed by atoms with van der Waals surface area (Å²) in [6.45, 7) is 1.48. The number of nitrogens with zero attached hydrogens (tertiary/aromatic N) is 1. The molecule has 2 aromatic carbocycles. The number of alkyl halides is 3. The molecule has 0 unspecified atom stereocenters. The molecule has 29 heavy (non-hydrogen) atoms. The van der Waals surface area contributed by atoms with E-state index < -0.39 is 43.6 Å². The van der Waals surface area contributed by atoms with Gasteiger partial charge < -0.3 is 0 Å². The fraction of sp³-hybridized carbons (Fsp3) is 0.235. The lowest BCUT2D eigenvalue weighted by molar-refractivity contribution is -0.137. The van der Waals surface area contributed by atoms with E-state index in [1.807, 2.05) is 0 Å². The fourth-order valence-electron chi connectivity index (χ4n) is 2.79. The van der Waals surface area contributed by atoms with Crippen LogP contribution in [0.4, 0.5) is 24.5 Å². The van der Waals surface area contributed by atoms with E-state index >= 15 is 0 Å². The van der Waals surface area contributed by atoms with Crippen molar-refractivity contribution in [3.05, 3.63) is 54.1 Å². The molecule has 3 rings (SSSR count). The normalized spacial score (nSPS) is 19.4. The van der Waals surface area contributed by atoms with Gasteiger partial charge in [0, 0.05) is 5.69 Å². The van der Waals surface area contributed by atoms with Crippen LogP contribution < -0.4 is 9.03 Å². The van der Waals surface area contributed by atoms with Gasteiger partial charge in [0.1, 0.15) is 0 Å². The standard InChI is InChI=1S/C17H15F3N2O5S2/c1-11-10-28(24,25)22(16(11)23)14-6-8-15(9-7-14)29(26,27)21-13-4-2-12(3-5-13)17(18,19)20/h2-9,11,21H,10H2,1H3/t11-/m0/s1. The van der Waals surface area contributed by atoms with E-state index in [0.717, 1.165) is 36.4 Å². The van der Waals surface area contributed by atoms with Crippen molar-refractivity contribution >= 4 is 37.3 Å². The number of halogens is 3. The SMILES string of the molecule is C[C@H]1CS(=O)(=O)N(c2ccc(S(=O)(=O)Nc3ccc(C(F)(F)F)cc3)cc2)C1=O. The highest BCUT2D eigenvalue weighted by molar-refractivity contribution is 7.94.